The number of hydrogen-bond donors (Lipinski definition) is 0. The van der Waals surface area contributed by atoms with Gasteiger partial charge in [0.1, 0.15) is 0 Å². The fourth-order valence-corrected chi connectivity index (χ4v) is 1.28. The molecule has 62 valence electrons. The first-order valence-electron chi connectivity index (χ1n) is 4.30. The van der Waals surface area contributed by atoms with E-state index in [1.165, 1.54) is 25.7 Å². The minimum absolute atomic E-state index is 0.360. The van der Waals surface area contributed by atoms with Gasteiger partial charge < -0.3 is 0 Å². The average molecular weight is 163 g/mol. The van der Waals surface area contributed by atoms with Crippen molar-refractivity contribution in [2.45, 2.75) is 51.8 Å². The van der Waals surface area contributed by atoms with E-state index in [1.807, 2.05) is 0 Å². The Balaban J connectivity index is 3.12. The molecule has 0 aliphatic heterocycles. The second-order valence-electron chi connectivity index (χ2n) is 3.25. The van der Waals surface area contributed by atoms with Crippen molar-refractivity contribution in [1.82, 2.24) is 0 Å². The first-order valence-corrected chi connectivity index (χ1v) is 4.74. The Kier molecular flexibility index (Phi) is 6.20. The highest BCUT2D eigenvalue weighted by Gasteiger charge is 2.02. The third-order valence-corrected chi connectivity index (χ3v) is 2.06. The van der Waals surface area contributed by atoms with E-state index in [0.717, 1.165) is 5.92 Å². The minimum Gasteiger partial charge on any atom is -0.123 e. The van der Waals surface area contributed by atoms with Crippen LogP contribution in [0.4, 0.5) is 0 Å². The molecule has 0 heterocycles. The van der Waals surface area contributed by atoms with Crippen LogP contribution in [0.15, 0.2) is 0 Å². The van der Waals surface area contributed by atoms with Crippen LogP contribution in [0.2, 0.25) is 0 Å². The van der Waals surface area contributed by atoms with Crippen molar-refractivity contribution >= 4 is 11.6 Å². The van der Waals surface area contributed by atoms with Gasteiger partial charge in [-0.3, -0.25) is 0 Å². The smallest absolute Gasteiger partial charge is 0.0307 e. The number of alkyl halides is 1. The van der Waals surface area contributed by atoms with E-state index in [1.54, 1.807) is 0 Å². The van der Waals surface area contributed by atoms with Crippen molar-refractivity contribution in [2.24, 2.45) is 5.92 Å². The molecule has 0 saturated heterocycles. The Morgan fingerprint density at radius 2 is 1.70 bits per heavy atom. The van der Waals surface area contributed by atoms with Crippen LogP contribution in [0.5, 0.6) is 0 Å². The molecule has 0 aliphatic rings. The maximum absolute atomic E-state index is 5.82. The lowest BCUT2D eigenvalue weighted by Gasteiger charge is -2.09. The van der Waals surface area contributed by atoms with Crippen LogP contribution in [0, 0.1) is 5.92 Å². The van der Waals surface area contributed by atoms with E-state index in [-0.39, 0.29) is 0 Å². The standard InChI is InChI=1S/C9H19Cl/c1-4-5-8(2)6-7-9(3)10/h8-9H,4-7H2,1-3H3. The zero-order valence-electron chi connectivity index (χ0n) is 7.36. The van der Waals surface area contributed by atoms with E-state index in [4.69, 9.17) is 11.6 Å². The van der Waals surface area contributed by atoms with Crippen LogP contribution < -0.4 is 0 Å². The van der Waals surface area contributed by atoms with Crippen molar-refractivity contribution in [3.63, 3.8) is 0 Å². The van der Waals surface area contributed by atoms with Crippen molar-refractivity contribution < 1.29 is 0 Å². The lowest BCUT2D eigenvalue weighted by molar-refractivity contribution is 0.468. The summed E-state index contributed by atoms with van der Waals surface area (Å²) in [6.07, 6.45) is 5.11. The SMILES string of the molecule is CCCC(C)CCC(C)Cl. The monoisotopic (exact) mass is 162 g/mol. The number of hydrogen-bond acceptors (Lipinski definition) is 0. The molecule has 10 heavy (non-hydrogen) atoms. The predicted octanol–water partition coefficient (Wildman–Crippen LogP) is 3.83. The highest BCUT2D eigenvalue weighted by Crippen LogP contribution is 2.15. The molecule has 0 spiro atoms. The molecule has 0 aromatic rings. The molecule has 0 saturated carbocycles. The van der Waals surface area contributed by atoms with E-state index in [9.17, 15) is 0 Å². The van der Waals surface area contributed by atoms with E-state index >= 15 is 0 Å². The van der Waals surface area contributed by atoms with Gasteiger partial charge in [-0.05, 0) is 25.7 Å². The first kappa shape index (κ1) is 10.3. The van der Waals surface area contributed by atoms with Gasteiger partial charge in [-0.25, -0.2) is 0 Å². The van der Waals surface area contributed by atoms with Gasteiger partial charge in [0, 0.05) is 5.38 Å². The van der Waals surface area contributed by atoms with Gasteiger partial charge in [0.25, 0.3) is 0 Å². The second-order valence-corrected chi connectivity index (χ2v) is 4.00. The van der Waals surface area contributed by atoms with Crippen LogP contribution in [0.1, 0.15) is 46.5 Å². The van der Waals surface area contributed by atoms with Gasteiger partial charge in [0.15, 0.2) is 0 Å². The molecule has 0 radical (unpaired) electrons. The Bertz CT molecular complexity index is 69.1. The normalized spacial score (nSPS) is 16.8. The highest BCUT2D eigenvalue weighted by molar-refractivity contribution is 6.20. The minimum atomic E-state index is 0.360. The molecular formula is C9H19Cl. The summed E-state index contributed by atoms with van der Waals surface area (Å²) in [5, 5.41) is 0.360. The summed E-state index contributed by atoms with van der Waals surface area (Å²) in [7, 11) is 0. The van der Waals surface area contributed by atoms with Gasteiger partial charge in [-0.15, -0.1) is 11.6 Å². The summed E-state index contributed by atoms with van der Waals surface area (Å²) in [6, 6.07) is 0. The van der Waals surface area contributed by atoms with Gasteiger partial charge >= 0.3 is 0 Å². The zero-order valence-corrected chi connectivity index (χ0v) is 8.12. The first-order chi connectivity index (χ1) is 4.66. The van der Waals surface area contributed by atoms with Crippen molar-refractivity contribution in [2.75, 3.05) is 0 Å². The molecule has 0 N–H and O–H groups in total. The lowest BCUT2D eigenvalue weighted by atomic mass is 9.99. The number of rotatable bonds is 5. The topological polar surface area (TPSA) is 0 Å². The van der Waals surface area contributed by atoms with E-state index < -0.39 is 0 Å². The summed E-state index contributed by atoms with van der Waals surface area (Å²) >= 11 is 5.82. The Labute approximate surface area is 70.0 Å². The van der Waals surface area contributed by atoms with E-state index in [0.29, 0.717) is 5.38 Å². The summed E-state index contributed by atoms with van der Waals surface area (Å²) in [5.74, 6) is 0.867. The molecule has 0 aromatic heterocycles. The van der Waals surface area contributed by atoms with Crippen molar-refractivity contribution in [3.05, 3.63) is 0 Å². The summed E-state index contributed by atoms with van der Waals surface area (Å²) < 4.78 is 0. The summed E-state index contributed by atoms with van der Waals surface area (Å²) in [4.78, 5) is 0. The van der Waals surface area contributed by atoms with Crippen LogP contribution in [0.3, 0.4) is 0 Å². The van der Waals surface area contributed by atoms with Gasteiger partial charge in [0.2, 0.25) is 0 Å². The molecule has 0 bridgehead atoms. The van der Waals surface area contributed by atoms with Crippen LogP contribution >= 0.6 is 11.6 Å². The molecule has 0 nitrogen and oxygen atoms in total. The largest absolute Gasteiger partial charge is 0.123 e. The quantitative estimate of drug-likeness (QED) is 0.539. The predicted molar refractivity (Wildman–Crippen MR) is 48.6 cm³/mol. The van der Waals surface area contributed by atoms with Crippen LogP contribution in [0.25, 0.3) is 0 Å². The van der Waals surface area contributed by atoms with Gasteiger partial charge in [0.05, 0.1) is 0 Å². The molecule has 0 aromatic carbocycles. The Hall–Kier alpha value is 0.290. The average Bonchev–Trinajstić information content (AvgIpc) is 1.85. The van der Waals surface area contributed by atoms with Crippen molar-refractivity contribution in [1.29, 1.82) is 0 Å². The van der Waals surface area contributed by atoms with Crippen LogP contribution in [-0.2, 0) is 0 Å². The summed E-state index contributed by atoms with van der Waals surface area (Å²) in [6.45, 7) is 6.61. The second kappa shape index (κ2) is 6.03. The maximum atomic E-state index is 5.82. The molecule has 0 fully saturated rings. The fraction of sp³-hybridized carbons (Fsp3) is 1.00. The molecule has 1 heteroatoms. The molecule has 2 unspecified atom stereocenters. The Morgan fingerprint density at radius 3 is 2.10 bits per heavy atom. The zero-order chi connectivity index (χ0) is 7.98. The highest BCUT2D eigenvalue weighted by atomic mass is 35.5. The van der Waals surface area contributed by atoms with Gasteiger partial charge in [-0.2, -0.15) is 0 Å². The molecule has 2 atom stereocenters. The third kappa shape index (κ3) is 6.41. The molecule has 0 rings (SSSR count). The fourth-order valence-electron chi connectivity index (χ4n) is 1.15. The molecule has 0 amide bonds. The third-order valence-electron chi connectivity index (χ3n) is 1.84. The lowest BCUT2D eigenvalue weighted by Crippen LogP contribution is -1.98. The molecule has 0 aliphatic carbocycles. The van der Waals surface area contributed by atoms with E-state index in [2.05, 4.69) is 20.8 Å². The maximum Gasteiger partial charge on any atom is 0.0307 e. The summed E-state index contributed by atoms with van der Waals surface area (Å²) in [5.41, 5.74) is 0. The van der Waals surface area contributed by atoms with Gasteiger partial charge in [-0.1, -0.05) is 26.7 Å². The van der Waals surface area contributed by atoms with Crippen molar-refractivity contribution in [3.8, 4) is 0 Å². The number of halogens is 1. The van der Waals surface area contributed by atoms with Crippen LogP contribution in [-0.4, -0.2) is 5.38 Å². The molecular weight excluding hydrogens is 144 g/mol. The Morgan fingerprint density at radius 1 is 1.10 bits per heavy atom.